The van der Waals surface area contributed by atoms with E-state index in [4.69, 9.17) is 17.3 Å². The van der Waals surface area contributed by atoms with E-state index in [-0.39, 0.29) is 11.9 Å². The number of carbonyl (C=O) groups is 1. The van der Waals surface area contributed by atoms with E-state index in [0.29, 0.717) is 16.3 Å². The molecule has 0 saturated heterocycles. The second-order valence-electron chi connectivity index (χ2n) is 4.82. The van der Waals surface area contributed by atoms with Gasteiger partial charge in [0.15, 0.2) is 0 Å². The number of nitrogens with two attached hydrogens (primary N) is 1. The lowest BCUT2D eigenvalue weighted by atomic mass is 10.1. The molecule has 2 aromatic rings. The molecule has 0 aliphatic rings. The highest BCUT2D eigenvalue weighted by Gasteiger charge is 2.12. The van der Waals surface area contributed by atoms with Gasteiger partial charge in [0.2, 0.25) is 0 Å². The summed E-state index contributed by atoms with van der Waals surface area (Å²) >= 11 is 5.85. The van der Waals surface area contributed by atoms with Crippen molar-refractivity contribution in [2.75, 3.05) is 5.73 Å². The van der Waals surface area contributed by atoms with Gasteiger partial charge in [0, 0.05) is 16.3 Å². The fourth-order valence-corrected chi connectivity index (χ4v) is 2.06. The molecule has 3 nitrogen and oxygen atoms in total. The molecule has 0 aliphatic carbocycles. The van der Waals surface area contributed by atoms with Crippen LogP contribution in [0.2, 0.25) is 5.02 Å². The average Bonchev–Trinajstić information content (AvgIpc) is 2.42. The molecule has 4 heteroatoms. The molecule has 0 fully saturated rings. The van der Waals surface area contributed by atoms with Crippen molar-refractivity contribution in [1.82, 2.24) is 5.32 Å². The highest BCUT2D eigenvalue weighted by atomic mass is 35.5. The minimum atomic E-state index is -0.115. The summed E-state index contributed by atoms with van der Waals surface area (Å²) in [5.41, 5.74) is 8.96. The zero-order valence-corrected chi connectivity index (χ0v) is 12.2. The van der Waals surface area contributed by atoms with Gasteiger partial charge in [0.1, 0.15) is 0 Å². The summed E-state index contributed by atoms with van der Waals surface area (Å²) in [7, 11) is 0. The molecular formula is C16H17ClN2O. The fourth-order valence-electron chi connectivity index (χ4n) is 1.93. The molecule has 104 valence electrons. The number of hydrogen-bond acceptors (Lipinski definition) is 2. The standard InChI is InChI=1S/C16H17ClN2O/c1-10-9-13(5-8-15(10)18)16(20)19-11(2)12-3-6-14(17)7-4-12/h3-9,11H,18H2,1-2H3,(H,19,20). The van der Waals surface area contributed by atoms with Gasteiger partial charge in [-0.1, -0.05) is 23.7 Å². The van der Waals surface area contributed by atoms with E-state index >= 15 is 0 Å². The Morgan fingerprint density at radius 2 is 1.85 bits per heavy atom. The van der Waals surface area contributed by atoms with Crippen molar-refractivity contribution in [3.8, 4) is 0 Å². The van der Waals surface area contributed by atoms with Gasteiger partial charge in [-0.25, -0.2) is 0 Å². The second-order valence-corrected chi connectivity index (χ2v) is 5.25. The van der Waals surface area contributed by atoms with Crippen LogP contribution < -0.4 is 11.1 Å². The van der Waals surface area contributed by atoms with E-state index in [9.17, 15) is 4.79 Å². The van der Waals surface area contributed by atoms with Crippen LogP contribution in [0, 0.1) is 6.92 Å². The molecule has 0 heterocycles. The van der Waals surface area contributed by atoms with Gasteiger partial charge < -0.3 is 11.1 Å². The highest BCUT2D eigenvalue weighted by Crippen LogP contribution is 2.17. The van der Waals surface area contributed by atoms with Gasteiger partial charge in [-0.05, 0) is 55.3 Å². The Morgan fingerprint density at radius 1 is 1.20 bits per heavy atom. The van der Waals surface area contributed by atoms with Gasteiger partial charge in [0.25, 0.3) is 5.91 Å². The molecular weight excluding hydrogens is 272 g/mol. The monoisotopic (exact) mass is 288 g/mol. The molecule has 3 N–H and O–H groups in total. The maximum absolute atomic E-state index is 12.2. The Morgan fingerprint density at radius 3 is 2.45 bits per heavy atom. The van der Waals surface area contributed by atoms with Gasteiger partial charge in [0.05, 0.1) is 6.04 Å². The van der Waals surface area contributed by atoms with Crippen LogP contribution in [0.3, 0.4) is 0 Å². The Balaban J connectivity index is 2.10. The number of nitrogen functional groups attached to an aromatic ring is 1. The summed E-state index contributed by atoms with van der Waals surface area (Å²) in [6.07, 6.45) is 0. The number of aryl methyl sites for hydroxylation is 1. The van der Waals surface area contributed by atoms with E-state index in [0.717, 1.165) is 11.1 Å². The number of nitrogens with one attached hydrogen (secondary N) is 1. The lowest BCUT2D eigenvalue weighted by molar-refractivity contribution is 0.0940. The first-order chi connectivity index (χ1) is 9.47. The van der Waals surface area contributed by atoms with Crippen LogP contribution >= 0.6 is 11.6 Å². The van der Waals surface area contributed by atoms with Crippen LogP contribution in [0.15, 0.2) is 42.5 Å². The Hall–Kier alpha value is -2.00. The van der Waals surface area contributed by atoms with Crippen LogP contribution in [0.25, 0.3) is 0 Å². The van der Waals surface area contributed by atoms with Crippen molar-refractivity contribution in [2.45, 2.75) is 19.9 Å². The number of halogens is 1. The Labute approximate surface area is 123 Å². The lowest BCUT2D eigenvalue weighted by Crippen LogP contribution is -2.26. The van der Waals surface area contributed by atoms with Crippen LogP contribution in [-0.2, 0) is 0 Å². The number of hydrogen-bond donors (Lipinski definition) is 2. The van der Waals surface area contributed by atoms with Crippen molar-refractivity contribution < 1.29 is 4.79 Å². The molecule has 0 saturated carbocycles. The first-order valence-electron chi connectivity index (χ1n) is 6.40. The average molecular weight is 289 g/mol. The van der Waals surface area contributed by atoms with E-state index in [2.05, 4.69) is 5.32 Å². The van der Waals surface area contributed by atoms with E-state index < -0.39 is 0 Å². The number of carbonyl (C=O) groups excluding carboxylic acids is 1. The van der Waals surface area contributed by atoms with Gasteiger partial charge in [-0.15, -0.1) is 0 Å². The third kappa shape index (κ3) is 3.31. The summed E-state index contributed by atoms with van der Waals surface area (Å²) in [6, 6.07) is 12.6. The zero-order valence-electron chi connectivity index (χ0n) is 11.5. The predicted molar refractivity (Wildman–Crippen MR) is 82.9 cm³/mol. The second kappa shape index (κ2) is 5.97. The number of benzene rings is 2. The summed E-state index contributed by atoms with van der Waals surface area (Å²) in [4.78, 5) is 12.2. The summed E-state index contributed by atoms with van der Waals surface area (Å²) in [6.45, 7) is 3.82. The molecule has 2 rings (SSSR count). The van der Waals surface area contributed by atoms with Crippen molar-refractivity contribution >= 4 is 23.2 Å². The van der Waals surface area contributed by atoms with Gasteiger partial charge in [-0.3, -0.25) is 4.79 Å². The summed E-state index contributed by atoms with van der Waals surface area (Å²) in [5, 5.41) is 3.64. The quantitative estimate of drug-likeness (QED) is 0.846. The van der Waals surface area contributed by atoms with Crippen molar-refractivity contribution in [3.63, 3.8) is 0 Å². The SMILES string of the molecule is Cc1cc(C(=O)NC(C)c2ccc(Cl)cc2)ccc1N. The first kappa shape index (κ1) is 14.4. The number of rotatable bonds is 3. The third-order valence-electron chi connectivity index (χ3n) is 3.25. The van der Waals surface area contributed by atoms with Gasteiger partial charge in [-0.2, -0.15) is 0 Å². The maximum Gasteiger partial charge on any atom is 0.251 e. The minimum absolute atomic E-state index is 0.0855. The van der Waals surface area contributed by atoms with Crippen LogP contribution in [0.4, 0.5) is 5.69 Å². The molecule has 0 radical (unpaired) electrons. The first-order valence-corrected chi connectivity index (χ1v) is 6.77. The summed E-state index contributed by atoms with van der Waals surface area (Å²) in [5.74, 6) is -0.115. The van der Waals surface area contributed by atoms with Crippen molar-refractivity contribution in [2.24, 2.45) is 0 Å². The van der Waals surface area contributed by atoms with Crippen LogP contribution in [-0.4, -0.2) is 5.91 Å². The predicted octanol–water partition coefficient (Wildman–Crippen LogP) is 3.72. The number of anilines is 1. The van der Waals surface area contributed by atoms with Crippen molar-refractivity contribution in [3.05, 3.63) is 64.2 Å². The van der Waals surface area contributed by atoms with Gasteiger partial charge >= 0.3 is 0 Å². The smallest absolute Gasteiger partial charge is 0.251 e. The minimum Gasteiger partial charge on any atom is -0.399 e. The maximum atomic E-state index is 12.2. The highest BCUT2D eigenvalue weighted by molar-refractivity contribution is 6.30. The summed E-state index contributed by atoms with van der Waals surface area (Å²) < 4.78 is 0. The normalized spacial score (nSPS) is 11.9. The molecule has 1 amide bonds. The molecule has 0 aliphatic heterocycles. The third-order valence-corrected chi connectivity index (χ3v) is 3.50. The Bertz CT molecular complexity index is 623. The molecule has 1 atom stereocenters. The molecule has 0 spiro atoms. The lowest BCUT2D eigenvalue weighted by Gasteiger charge is -2.15. The molecule has 2 aromatic carbocycles. The van der Waals surface area contributed by atoms with E-state index in [1.807, 2.05) is 38.1 Å². The molecule has 20 heavy (non-hydrogen) atoms. The molecule has 0 aromatic heterocycles. The molecule has 0 bridgehead atoms. The van der Waals surface area contributed by atoms with Crippen molar-refractivity contribution in [1.29, 1.82) is 0 Å². The van der Waals surface area contributed by atoms with Crippen LogP contribution in [0.1, 0.15) is 34.5 Å². The Kier molecular flexibility index (Phi) is 4.30. The number of amides is 1. The van der Waals surface area contributed by atoms with E-state index in [1.54, 1.807) is 18.2 Å². The van der Waals surface area contributed by atoms with Crippen LogP contribution in [0.5, 0.6) is 0 Å². The fraction of sp³-hybridized carbons (Fsp3) is 0.188. The topological polar surface area (TPSA) is 55.1 Å². The molecule has 1 unspecified atom stereocenters. The van der Waals surface area contributed by atoms with E-state index in [1.165, 1.54) is 0 Å². The zero-order chi connectivity index (χ0) is 14.7. The largest absolute Gasteiger partial charge is 0.399 e.